The van der Waals surface area contributed by atoms with Gasteiger partial charge in [0.25, 0.3) is 0 Å². The number of carboxylic acids is 1. The second-order valence-corrected chi connectivity index (χ2v) is 8.08. The highest BCUT2D eigenvalue weighted by atomic mass is 16.4. The third-order valence-electron chi connectivity index (χ3n) is 5.86. The number of carbonyl (C=O) groups excluding carboxylic acids is 1. The number of likely N-dealkylation sites (tertiary alicyclic amines) is 1. The molecule has 6 nitrogen and oxygen atoms in total. The summed E-state index contributed by atoms with van der Waals surface area (Å²) < 4.78 is 0. The summed E-state index contributed by atoms with van der Waals surface area (Å²) in [4.78, 5) is 28.2. The van der Waals surface area contributed by atoms with Crippen LogP contribution in [0.1, 0.15) is 57.6 Å². The van der Waals surface area contributed by atoms with E-state index in [0.29, 0.717) is 5.92 Å². The Bertz CT molecular complexity index is 682. The summed E-state index contributed by atoms with van der Waals surface area (Å²) in [6.07, 6.45) is 1.78. The maximum absolute atomic E-state index is 12.9. The first-order valence-corrected chi connectivity index (χ1v) is 10.3. The summed E-state index contributed by atoms with van der Waals surface area (Å²) >= 11 is 0. The summed E-state index contributed by atoms with van der Waals surface area (Å²) in [6.45, 7) is 12.7. The van der Waals surface area contributed by atoms with Gasteiger partial charge in [0.1, 0.15) is 0 Å². The quantitative estimate of drug-likeness (QED) is 0.714. The topological polar surface area (TPSA) is 72.9 Å². The van der Waals surface area contributed by atoms with Crippen LogP contribution in [-0.4, -0.2) is 65.0 Å². The van der Waals surface area contributed by atoms with E-state index in [0.717, 1.165) is 49.3 Å². The Labute approximate surface area is 168 Å². The van der Waals surface area contributed by atoms with Crippen LogP contribution < -0.4 is 5.32 Å². The van der Waals surface area contributed by atoms with Crippen LogP contribution in [0.3, 0.4) is 0 Å². The number of nitrogens with one attached hydrogen (secondary N) is 1. The molecule has 1 aliphatic rings. The average Bonchev–Trinajstić information content (AvgIpc) is 2.66. The van der Waals surface area contributed by atoms with Gasteiger partial charge in [0, 0.05) is 24.8 Å². The van der Waals surface area contributed by atoms with E-state index in [4.69, 9.17) is 5.11 Å². The molecule has 1 heterocycles. The average molecular weight is 390 g/mol. The number of aryl methyl sites for hydroxylation is 1. The lowest BCUT2D eigenvalue weighted by Crippen LogP contribution is -2.51. The third-order valence-corrected chi connectivity index (χ3v) is 5.86. The summed E-state index contributed by atoms with van der Waals surface area (Å²) in [5.41, 5.74) is 3.17. The third kappa shape index (κ3) is 5.55. The molecular formula is C22H35N3O3. The van der Waals surface area contributed by atoms with Crippen molar-refractivity contribution in [2.24, 2.45) is 0 Å². The second-order valence-electron chi connectivity index (χ2n) is 8.08. The van der Waals surface area contributed by atoms with Crippen molar-refractivity contribution in [3.8, 4) is 0 Å². The van der Waals surface area contributed by atoms with Gasteiger partial charge in [-0.3, -0.25) is 19.4 Å². The summed E-state index contributed by atoms with van der Waals surface area (Å²) in [6, 6.07) is 6.20. The maximum Gasteiger partial charge on any atom is 0.317 e. The molecule has 1 aromatic carbocycles. The largest absolute Gasteiger partial charge is 0.480 e. The minimum atomic E-state index is -0.781. The normalized spacial score (nSPS) is 17.1. The standard InChI is InChI=1S/C22H35N3O3/c1-6-24(14-20(26)27)18-10-12-25(13-11-18)17(5)22(28)23-21-16(4)8-7-9-19(21)15(2)3/h7-9,15,17-18H,6,10-14H2,1-5H3,(H,23,28)(H,26,27). The van der Waals surface area contributed by atoms with E-state index in [2.05, 4.69) is 30.1 Å². The molecule has 1 atom stereocenters. The van der Waals surface area contributed by atoms with Crippen molar-refractivity contribution in [3.63, 3.8) is 0 Å². The van der Waals surface area contributed by atoms with Crippen LogP contribution in [0.15, 0.2) is 18.2 Å². The van der Waals surface area contributed by atoms with Gasteiger partial charge in [0.2, 0.25) is 5.91 Å². The fourth-order valence-electron chi connectivity index (χ4n) is 4.05. The van der Waals surface area contributed by atoms with Crippen LogP contribution in [0.4, 0.5) is 5.69 Å². The summed E-state index contributed by atoms with van der Waals surface area (Å²) in [5, 5.41) is 12.2. The number of likely N-dealkylation sites (N-methyl/N-ethyl adjacent to an activating group) is 1. The van der Waals surface area contributed by atoms with Crippen molar-refractivity contribution in [2.75, 3.05) is 31.5 Å². The minimum absolute atomic E-state index is 0.0209. The van der Waals surface area contributed by atoms with Gasteiger partial charge in [-0.2, -0.15) is 0 Å². The van der Waals surface area contributed by atoms with E-state index >= 15 is 0 Å². The van der Waals surface area contributed by atoms with E-state index in [9.17, 15) is 9.59 Å². The van der Waals surface area contributed by atoms with E-state index < -0.39 is 5.97 Å². The number of piperidine rings is 1. The molecule has 1 saturated heterocycles. The van der Waals surface area contributed by atoms with Crippen LogP contribution in [0.25, 0.3) is 0 Å². The SMILES string of the molecule is CCN(CC(=O)O)C1CCN(C(C)C(=O)Nc2c(C)cccc2C(C)C)CC1. The van der Waals surface area contributed by atoms with Crippen LogP contribution in [-0.2, 0) is 9.59 Å². The first-order chi connectivity index (χ1) is 13.2. The molecule has 1 fully saturated rings. The van der Waals surface area contributed by atoms with Crippen LogP contribution in [0.5, 0.6) is 0 Å². The minimum Gasteiger partial charge on any atom is -0.480 e. The maximum atomic E-state index is 12.9. The lowest BCUT2D eigenvalue weighted by atomic mass is 9.97. The van der Waals surface area contributed by atoms with Crippen LogP contribution >= 0.6 is 0 Å². The fraction of sp³-hybridized carbons (Fsp3) is 0.636. The van der Waals surface area contributed by atoms with Gasteiger partial charge in [-0.25, -0.2) is 0 Å². The molecule has 156 valence electrons. The monoisotopic (exact) mass is 389 g/mol. The van der Waals surface area contributed by atoms with Crippen molar-refractivity contribution >= 4 is 17.6 Å². The molecule has 0 aromatic heterocycles. The van der Waals surface area contributed by atoms with Crippen molar-refractivity contribution in [3.05, 3.63) is 29.3 Å². The highest BCUT2D eigenvalue weighted by molar-refractivity contribution is 5.96. The fourth-order valence-corrected chi connectivity index (χ4v) is 4.05. The Balaban J connectivity index is 1.98. The molecule has 0 aliphatic carbocycles. The van der Waals surface area contributed by atoms with Gasteiger partial charge in [-0.15, -0.1) is 0 Å². The van der Waals surface area contributed by atoms with Crippen molar-refractivity contribution < 1.29 is 14.7 Å². The Hall–Kier alpha value is -1.92. The number of hydrogen-bond donors (Lipinski definition) is 2. The van der Waals surface area contributed by atoms with Crippen LogP contribution in [0, 0.1) is 6.92 Å². The van der Waals surface area contributed by atoms with E-state index in [1.807, 2.05) is 37.8 Å². The van der Waals surface area contributed by atoms with Gasteiger partial charge in [0.15, 0.2) is 0 Å². The van der Waals surface area contributed by atoms with Crippen LogP contribution in [0.2, 0.25) is 0 Å². The molecule has 0 radical (unpaired) electrons. The molecule has 1 aromatic rings. The summed E-state index contributed by atoms with van der Waals surface area (Å²) in [7, 11) is 0. The highest BCUT2D eigenvalue weighted by Crippen LogP contribution is 2.28. The van der Waals surface area contributed by atoms with Crippen molar-refractivity contribution in [1.82, 2.24) is 9.80 Å². The Morgan fingerprint density at radius 3 is 2.43 bits per heavy atom. The Kier molecular flexibility index (Phi) is 8.01. The van der Waals surface area contributed by atoms with E-state index in [-0.39, 0.29) is 24.5 Å². The van der Waals surface area contributed by atoms with Gasteiger partial charge in [0.05, 0.1) is 12.6 Å². The van der Waals surface area contributed by atoms with Gasteiger partial charge >= 0.3 is 5.97 Å². The smallest absolute Gasteiger partial charge is 0.317 e. The number of aliphatic carboxylic acids is 1. The van der Waals surface area contributed by atoms with Gasteiger partial charge in [-0.05, 0) is 50.3 Å². The molecule has 6 heteroatoms. The molecule has 2 rings (SSSR count). The highest BCUT2D eigenvalue weighted by Gasteiger charge is 2.30. The number of nitrogens with zero attached hydrogens (tertiary/aromatic N) is 2. The molecular weight excluding hydrogens is 354 g/mol. The molecule has 2 N–H and O–H groups in total. The van der Waals surface area contributed by atoms with Crippen molar-refractivity contribution in [1.29, 1.82) is 0 Å². The number of carboxylic acid groups (broad SMARTS) is 1. The molecule has 1 unspecified atom stereocenters. The predicted octanol–water partition coefficient (Wildman–Crippen LogP) is 3.32. The number of amides is 1. The first-order valence-electron chi connectivity index (χ1n) is 10.3. The molecule has 1 aliphatic heterocycles. The number of hydrogen-bond acceptors (Lipinski definition) is 4. The zero-order valence-corrected chi connectivity index (χ0v) is 17.9. The molecule has 1 amide bonds. The Morgan fingerprint density at radius 2 is 1.89 bits per heavy atom. The molecule has 0 spiro atoms. The lowest BCUT2D eigenvalue weighted by Gasteiger charge is -2.39. The second kappa shape index (κ2) is 10.0. The number of benzene rings is 1. The number of anilines is 1. The van der Waals surface area contributed by atoms with E-state index in [1.165, 1.54) is 0 Å². The summed E-state index contributed by atoms with van der Waals surface area (Å²) in [5.74, 6) is -0.417. The lowest BCUT2D eigenvalue weighted by molar-refractivity contribution is -0.139. The number of carbonyl (C=O) groups is 2. The zero-order chi connectivity index (χ0) is 20.8. The molecule has 0 saturated carbocycles. The predicted molar refractivity (Wildman–Crippen MR) is 113 cm³/mol. The number of rotatable bonds is 8. The van der Waals surface area contributed by atoms with Gasteiger partial charge < -0.3 is 10.4 Å². The number of para-hydroxylation sites is 1. The molecule has 0 bridgehead atoms. The van der Waals surface area contributed by atoms with E-state index in [1.54, 1.807) is 0 Å². The van der Waals surface area contributed by atoms with Crippen molar-refractivity contribution in [2.45, 2.75) is 65.5 Å². The zero-order valence-electron chi connectivity index (χ0n) is 17.9. The molecule has 28 heavy (non-hydrogen) atoms. The van der Waals surface area contributed by atoms with Gasteiger partial charge in [-0.1, -0.05) is 39.0 Å². The first kappa shape index (κ1) is 22.4. The Morgan fingerprint density at radius 1 is 1.25 bits per heavy atom.